The number of benzene rings is 2. The first kappa shape index (κ1) is 18.4. The van der Waals surface area contributed by atoms with Crippen LogP contribution in [0.5, 0.6) is 0 Å². The first-order valence-electron chi connectivity index (χ1n) is 9.43. The summed E-state index contributed by atoms with van der Waals surface area (Å²) in [5.41, 5.74) is 2.02. The van der Waals surface area contributed by atoms with Crippen LogP contribution in [0.15, 0.2) is 60.7 Å². The number of esters is 1. The fourth-order valence-electron chi connectivity index (χ4n) is 3.59. The van der Waals surface area contributed by atoms with Crippen LogP contribution in [0.3, 0.4) is 0 Å². The number of carbonyl (C=O) groups excluding carboxylic acids is 1. The summed E-state index contributed by atoms with van der Waals surface area (Å²) in [6, 6.07) is 19.7. The largest absolute Gasteiger partial charge is 0.456 e. The van der Waals surface area contributed by atoms with Crippen molar-refractivity contribution < 1.29 is 14.8 Å². The summed E-state index contributed by atoms with van der Waals surface area (Å²) in [6.07, 6.45) is 4.09. The Bertz CT molecular complexity index is 744. The van der Waals surface area contributed by atoms with Gasteiger partial charge in [-0.2, -0.15) is 0 Å². The number of hydrogen-bond donors (Lipinski definition) is 1. The molecule has 2 aromatic rings. The van der Waals surface area contributed by atoms with Crippen LogP contribution in [-0.2, 0) is 9.53 Å². The molecule has 3 rings (SSSR count). The predicted molar refractivity (Wildman–Crippen MR) is 105 cm³/mol. The molecule has 0 radical (unpaired) electrons. The van der Waals surface area contributed by atoms with Gasteiger partial charge in [0.2, 0.25) is 0 Å². The Labute approximate surface area is 156 Å². The average Bonchev–Trinajstić information content (AvgIpc) is 2.68. The number of hydrogen-bond acceptors (Lipinski definition) is 2. The summed E-state index contributed by atoms with van der Waals surface area (Å²) < 4.78 is 6.04. The van der Waals surface area contributed by atoms with Gasteiger partial charge >= 0.3 is 5.97 Å². The number of rotatable bonds is 5. The fourth-order valence-corrected chi connectivity index (χ4v) is 3.59. The van der Waals surface area contributed by atoms with Crippen molar-refractivity contribution in [3.05, 3.63) is 71.8 Å². The van der Waals surface area contributed by atoms with E-state index in [1.54, 1.807) is 0 Å². The number of quaternary nitrogens is 1. The van der Waals surface area contributed by atoms with Gasteiger partial charge in [0, 0.05) is 18.8 Å². The first-order chi connectivity index (χ1) is 12.6. The van der Waals surface area contributed by atoms with E-state index < -0.39 is 5.60 Å². The van der Waals surface area contributed by atoms with Gasteiger partial charge in [-0.1, -0.05) is 60.7 Å². The van der Waals surface area contributed by atoms with Crippen molar-refractivity contribution in [3.63, 3.8) is 0 Å². The normalized spacial score (nSPS) is 16.3. The molecule has 0 atom stereocenters. The van der Waals surface area contributed by atoms with Crippen molar-refractivity contribution in [2.24, 2.45) is 5.92 Å². The maximum absolute atomic E-state index is 13.1. The molecule has 1 saturated heterocycles. The van der Waals surface area contributed by atoms with Crippen LogP contribution in [0.25, 0.3) is 11.6 Å². The van der Waals surface area contributed by atoms with E-state index in [1.165, 1.54) is 0 Å². The zero-order chi connectivity index (χ0) is 18.4. The van der Waals surface area contributed by atoms with Gasteiger partial charge in [0.05, 0.1) is 18.7 Å². The molecule has 0 bridgehead atoms. The highest BCUT2D eigenvalue weighted by atomic mass is 16.6. The van der Waals surface area contributed by atoms with Crippen molar-refractivity contribution in [1.82, 2.24) is 0 Å². The molecule has 0 saturated carbocycles. The maximum atomic E-state index is 13.1. The molecule has 1 fully saturated rings. The van der Waals surface area contributed by atoms with E-state index in [9.17, 15) is 4.79 Å². The van der Waals surface area contributed by atoms with Crippen molar-refractivity contribution >= 4 is 17.6 Å². The smallest absolute Gasteiger partial charge is 0.339 e. The Balaban J connectivity index is 1.87. The first-order valence-corrected chi connectivity index (χ1v) is 9.43. The van der Waals surface area contributed by atoms with E-state index in [2.05, 4.69) is 5.32 Å². The van der Waals surface area contributed by atoms with Gasteiger partial charge in [0.25, 0.3) is 0 Å². The van der Waals surface area contributed by atoms with Gasteiger partial charge < -0.3 is 10.1 Å². The van der Waals surface area contributed by atoms with Crippen molar-refractivity contribution in [1.29, 1.82) is 0 Å². The van der Waals surface area contributed by atoms with Crippen molar-refractivity contribution in [2.75, 3.05) is 13.1 Å². The third-order valence-electron chi connectivity index (χ3n) is 5.19. The van der Waals surface area contributed by atoms with E-state index in [0.29, 0.717) is 11.5 Å². The molecule has 1 heterocycles. The zero-order valence-electron chi connectivity index (χ0n) is 15.7. The van der Waals surface area contributed by atoms with Crippen molar-refractivity contribution in [3.8, 4) is 0 Å². The van der Waals surface area contributed by atoms with Crippen LogP contribution in [0.1, 0.15) is 37.8 Å². The summed E-state index contributed by atoms with van der Waals surface area (Å²) in [4.78, 5) is 13.1. The molecule has 1 aliphatic heterocycles. The highest BCUT2D eigenvalue weighted by Gasteiger charge is 2.36. The van der Waals surface area contributed by atoms with Crippen molar-refractivity contribution in [2.45, 2.75) is 32.3 Å². The SMILES string of the molecule is CC(C)(OC(=O)/C(=C/c1ccccc1)c1ccccc1)C1CC[NH2+]CC1. The van der Waals surface area contributed by atoms with Gasteiger partial charge in [-0.15, -0.1) is 0 Å². The molecule has 26 heavy (non-hydrogen) atoms. The summed E-state index contributed by atoms with van der Waals surface area (Å²) in [5.74, 6) is 0.157. The quantitative estimate of drug-likeness (QED) is 0.509. The summed E-state index contributed by atoms with van der Waals surface area (Å²) >= 11 is 0. The Hall–Kier alpha value is -2.39. The minimum Gasteiger partial charge on any atom is -0.456 e. The molecule has 0 amide bonds. The van der Waals surface area contributed by atoms with Gasteiger partial charge in [0.1, 0.15) is 5.60 Å². The second-order valence-electron chi connectivity index (χ2n) is 7.47. The van der Waals surface area contributed by atoms with Gasteiger partial charge in [-0.3, -0.25) is 0 Å². The molecule has 2 N–H and O–H groups in total. The van der Waals surface area contributed by atoms with Crippen LogP contribution in [0.4, 0.5) is 0 Å². The monoisotopic (exact) mass is 350 g/mol. The van der Waals surface area contributed by atoms with Crippen LogP contribution in [0, 0.1) is 5.92 Å². The summed E-state index contributed by atoms with van der Waals surface area (Å²) in [6.45, 7) is 6.31. The van der Waals surface area contributed by atoms with Gasteiger partial charge in [0.15, 0.2) is 0 Å². The lowest BCUT2D eigenvalue weighted by molar-refractivity contribution is -0.665. The maximum Gasteiger partial charge on any atom is 0.339 e. The Morgan fingerprint density at radius 2 is 1.58 bits per heavy atom. The molecule has 0 aliphatic carbocycles. The lowest BCUT2D eigenvalue weighted by atomic mass is 9.83. The highest BCUT2D eigenvalue weighted by Crippen LogP contribution is 2.30. The third kappa shape index (κ3) is 4.61. The van der Waals surface area contributed by atoms with Crippen LogP contribution >= 0.6 is 0 Å². The summed E-state index contributed by atoms with van der Waals surface area (Å²) in [5, 5.41) is 2.33. The predicted octanol–water partition coefficient (Wildman–Crippen LogP) is 3.52. The van der Waals surface area contributed by atoms with Gasteiger partial charge in [-0.05, 0) is 31.1 Å². The molecular weight excluding hydrogens is 322 g/mol. The molecule has 2 aromatic carbocycles. The second kappa shape index (κ2) is 8.33. The fraction of sp³-hybridized carbons (Fsp3) is 0.348. The number of ether oxygens (including phenoxy) is 1. The van der Waals surface area contributed by atoms with E-state index in [-0.39, 0.29) is 5.97 Å². The second-order valence-corrected chi connectivity index (χ2v) is 7.47. The molecule has 0 unspecified atom stereocenters. The Morgan fingerprint density at radius 3 is 2.19 bits per heavy atom. The van der Waals surface area contributed by atoms with Crippen LogP contribution in [0.2, 0.25) is 0 Å². The topological polar surface area (TPSA) is 42.9 Å². The van der Waals surface area contributed by atoms with E-state index in [4.69, 9.17) is 4.74 Å². The standard InChI is InChI=1S/C23H27NO2/c1-23(2,20-13-15-24-16-14-20)26-22(25)21(19-11-7-4-8-12-19)17-18-9-5-3-6-10-18/h3-12,17,20,24H,13-16H2,1-2H3/p+1/b21-17+. The number of nitrogens with two attached hydrogens (primary N) is 1. The van der Waals surface area contributed by atoms with E-state index in [0.717, 1.165) is 37.1 Å². The van der Waals surface area contributed by atoms with E-state index >= 15 is 0 Å². The lowest BCUT2D eigenvalue weighted by Crippen LogP contribution is -2.86. The minimum absolute atomic E-state index is 0.250. The molecular formula is C23H28NO2+. The van der Waals surface area contributed by atoms with E-state index in [1.807, 2.05) is 80.6 Å². The average molecular weight is 350 g/mol. The molecule has 3 heteroatoms. The Kier molecular flexibility index (Phi) is 5.89. The Morgan fingerprint density at radius 1 is 1.00 bits per heavy atom. The molecule has 0 spiro atoms. The molecule has 0 aromatic heterocycles. The number of piperidine rings is 1. The number of carbonyl (C=O) groups is 1. The molecule has 1 aliphatic rings. The zero-order valence-corrected chi connectivity index (χ0v) is 15.7. The lowest BCUT2D eigenvalue weighted by Gasteiger charge is -2.35. The van der Waals surface area contributed by atoms with Gasteiger partial charge in [-0.25, -0.2) is 4.79 Å². The summed E-state index contributed by atoms with van der Waals surface area (Å²) in [7, 11) is 0. The highest BCUT2D eigenvalue weighted by molar-refractivity contribution is 6.21. The molecule has 3 nitrogen and oxygen atoms in total. The third-order valence-corrected chi connectivity index (χ3v) is 5.19. The molecule has 136 valence electrons. The van der Waals surface area contributed by atoms with Crippen LogP contribution < -0.4 is 5.32 Å². The van der Waals surface area contributed by atoms with Crippen LogP contribution in [-0.4, -0.2) is 24.7 Å². The minimum atomic E-state index is -0.462.